The van der Waals surface area contributed by atoms with Gasteiger partial charge in [0.15, 0.2) is 0 Å². The number of anilines is 2. The zero-order valence-corrected chi connectivity index (χ0v) is 20.2. The number of nitrogens with one attached hydrogen (secondary N) is 1. The Balaban J connectivity index is 1.91. The number of halogens is 1. The van der Waals surface area contributed by atoms with Gasteiger partial charge in [0.25, 0.3) is 0 Å². The van der Waals surface area contributed by atoms with Crippen molar-refractivity contribution < 1.29 is 22.7 Å². The van der Waals surface area contributed by atoms with E-state index in [-0.39, 0.29) is 27.1 Å². The fourth-order valence-electron chi connectivity index (χ4n) is 3.19. The number of methoxy groups -OCH3 is 2. The first-order valence-electron chi connectivity index (χ1n) is 9.41. The Bertz CT molecular complexity index is 1330. The average Bonchev–Trinajstić information content (AvgIpc) is 3.05. The lowest BCUT2D eigenvalue weighted by Gasteiger charge is -2.24. The molecule has 0 aliphatic heterocycles. The molecule has 0 saturated carbocycles. The van der Waals surface area contributed by atoms with Crippen molar-refractivity contribution in [1.29, 1.82) is 0 Å². The number of carbonyl (C=O) groups excluding carboxylic acids is 1. The second kappa shape index (κ2) is 9.39. The third-order valence-electron chi connectivity index (χ3n) is 4.68. The zero-order valence-electron chi connectivity index (χ0n) is 17.8. The molecule has 0 bridgehead atoms. The molecule has 1 heterocycles. The number of benzene rings is 2. The summed E-state index contributed by atoms with van der Waals surface area (Å²) in [5.41, 5.74) is 1.33. The topological polar surface area (TPSA) is 107 Å². The highest BCUT2D eigenvalue weighted by molar-refractivity contribution is 7.92. The number of rotatable bonds is 8. The van der Waals surface area contributed by atoms with Crippen LogP contribution < -0.4 is 24.0 Å². The number of carbonyl (C=O) groups is 1. The van der Waals surface area contributed by atoms with Crippen LogP contribution in [0, 0.1) is 0 Å². The second-order valence-electron chi connectivity index (χ2n) is 6.77. The van der Waals surface area contributed by atoms with Crippen LogP contribution in [0.15, 0.2) is 35.1 Å². The van der Waals surface area contributed by atoms with Crippen molar-refractivity contribution >= 4 is 60.5 Å². The van der Waals surface area contributed by atoms with E-state index in [9.17, 15) is 18.0 Å². The summed E-state index contributed by atoms with van der Waals surface area (Å²) in [6.45, 7) is 1.91. The van der Waals surface area contributed by atoms with E-state index in [1.807, 2.05) is 6.92 Å². The lowest BCUT2D eigenvalue weighted by atomic mass is 10.2. The summed E-state index contributed by atoms with van der Waals surface area (Å²) in [7, 11) is -1.10. The standard InChI is InChI=1S/C20H22ClN3O6S2/c1-5-23-14-7-6-12(8-18(14)31-20(23)26)22-19(25)11-24(32(4,27)28)15-10-16(29-2)13(21)9-17(15)30-3/h6-10H,5,11H2,1-4H3,(H,22,25). The number of hydrogen-bond donors (Lipinski definition) is 1. The van der Waals surface area contributed by atoms with Gasteiger partial charge in [-0.1, -0.05) is 22.9 Å². The first-order chi connectivity index (χ1) is 15.1. The molecule has 0 unspecified atom stereocenters. The molecule has 3 aromatic rings. The maximum atomic E-state index is 12.7. The van der Waals surface area contributed by atoms with Gasteiger partial charge in [-0.2, -0.15) is 0 Å². The highest BCUT2D eigenvalue weighted by Crippen LogP contribution is 2.39. The number of hydrogen-bond acceptors (Lipinski definition) is 7. The number of amides is 1. The van der Waals surface area contributed by atoms with Crippen LogP contribution in [0.4, 0.5) is 11.4 Å². The van der Waals surface area contributed by atoms with Crippen molar-refractivity contribution in [2.75, 3.05) is 36.6 Å². The molecule has 0 aliphatic rings. The van der Waals surface area contributed by atoms with E-state index in [4.69, 9.17) is 21.1 Å². The molecule has 0 atom stereocenters. The van der Waals surface area contributed by atoms with Crippen molar-refractivity contribution in [3.63, 3.8) is 0 Å². The SMILES string of the molecule is CCn1c(=O)sc2cc(NC(=O)CN(c3cc(OC)c(Cl)cc3OC)S(C)(=O)=O)ccc21. The molecule has 0 fully saturated rings. The van der Waals surface area contributed by atoms with Gasteiger partial charge in [-0.3, -0.25) is 18.5 Å². The van der Waals surface area contributed by atoms with Gasteiger partial charge in [0.2, 0.25) is 15.9 Å². The molecule has 2 aromatic carbocycles. The van der Waals surface area contributed by atoms with Crippen LogP contribution in [0.2, 0.25) is 5.02 Å². The number of aryl methyl sites for hydroxylation is 1. The minimum atomic E-state index is -3.86. The molecule has 0 spiro atoms. The highest BCUT2D eigenvalue weighted by atomic mass is 35.5. The van der Waals surface area contributed by atoms with Gasteiger partial charge in [0, 0.05) is 24.4 Å². The van der Waals surface area contributed by atoms with Gasteiger partial charge in [0.1, 0.15) is 18.0 Å². The normalized spacial score (nSPS) is 11.4. The van der Waals surface area contributed by atoms with E-state index in [2.05, 4.69) is 5.32 Å². The van der Waals surface area contributed by atoms with Crippen molar-refractivity contribution in [3.05, 3.63) is 45.0 Å². The number of ether oxygens (including phenoxy) is 2. The van der Waals surface area contributed by atoms with Crippen molar-refractivity contribution in [2.24, 2.45) is 0 Å². The summed E-state index contributed by atoms with van der Waals surface area (Å²) < 4.78 is 38.7. The minimum absolute atomic E-state index is 0.0852. The zero-order chi connectivity index (χ0) is 23.6. The summed E-state index contributed by atoms with van der Waals surface area (Å²) in [5.74, 6) is -0.175. The van der Waals surface area contributed by atoms with Crippen LogP contribution in [0.25, 0.3) is 10.2 Å². The fourth-order valence-corrected chi connectivity index (χ4v) is 5.27. The summed E-state index contributed by atoms with van der Waals surface area (Å²) in [6, 6.07) is 7.90. The van der Waals surface area contributed by atoms with Gasteiger partial charge in [-0.15, -0.1) is 0 Å². The Morgan fingerprint density at radius 1 is 1.19 bits per heavy atom. The molecule has 1 N–H and O–H groups in total. The Morgan fingerprint density at radius 2 is 1.88 bits per heavy atom. The molecule has 1 aromatic heterocycles. The predicted octanol–water partition coefficient (Wildman–Crippen LogP) is 3.16. The Hall–Kier alpha value is -2.76. The summed E-state index contributed by atoms with van der Waals surface area (Å²) in [6.07, 6.45) is 0.984. The van der Waals surface area contributed by atoms with Crippen LogP contribution in [0.5, 0.6) is 11.5 Å². The summed E-state index contributed by atoms with van der Waals surface area (Å²) >= 11 is 7.18. The Kier molecular flexibility index (Phi) is 7.01. The number of fused-ring (bicyclic) bond motifs is 1. The van der Waals surface area contributed by atoms with Crippen LogP contribution in [0.1, 0.15) is 6.92 Å². The molecule has 1 amide bonds. The monoisotopic (exact) mass is 499 g/mol. The molecular formula is C20H22ClN3O6S2. The van der Waals surface area contributed by atoms with E-state index in [0.717, 1.165) is 32.1 Å². The highest BCUT2D eigenvalue weighted by Gasteiger charge is 2.26. The van der Waals surface area contributed by atoms with Crippen LogP contribution >= 0.6 is 22.9 Å². The quantitative estimate of drug-likeness (QED) is 0.510. The molecule has 9 nitrogen and oxygen atoms in total. The third-order valence-corrected chi connectivity index (χ3v) is 7.04. The number of nitrogens with zero attached hydrogens (tertiary/aromatic N) is 2. The van der Waals surface area contributed by atoms with E-state index >= 15 is 0 Å². The second-order valence-corrected chi connectivity index (χ2v) is 10.1. The lowest BCUT2D eigenvalue weighted by molar-refractivity contribution is -0.114. The summed E-state index contributed by atoms with van der Waals surface area (Å²) in [4.78, 5) is 24.7. The smallest absolute Gasteiger partial charge is 0.308 e. The molecule has 12 heteroatoms. The maximum Gasteiger partial charge on any atom is 0.308 e. The number of thiazole rings is 1. The lowest BCUT2D eigenvalue weighted by Crippen LogP contribution is -2.37. The van der Waals surface area contributed by atoms with Crippen LogP contribution in [-0.4, -0.2) is 45.9 Å². The Morgan fingerprint density at radius 3 is 2.47 bits per heavy atom. The van der Waals surface area contributed by atoms with E-state index in [1.54, 1.807) is 22.8 Å². The maximum absolute atomic E-state index is 12.7. The van der Waals surface area contributed by atoms with E-state index < -0.39 is 22.5 Å². The fraction of sp³-hybridized carbons (Fsp3) is 0.300. The summed E-state index contributed by atoms with van der Waals surface area (Å²) in [5, 5.41) is 2.92. The minimum Gasteiger partial charge on any atom is -0.495 e. The van der Waals surface area contributed by atoms with Crippen LogP contribution in [-0.2, 0) is 21.4 Å². The largest absolute Gasteiger partial charge is 0.495 e. The predicted molar refractivity (Wildman–Crippen MR) is 127 cm³/mol. The van der Waals surface area contributed by atoms with Gasteiger partial charge < -0.3 is 14.8 Å². The molecule has 0 radical (unpaired) electrons. The molecule has 0 saturated heterocycles. The average molecular weight is 500 g/mol. The molecular weight excluding hydrogens is 478 g/mol. The van der Waals surface area contributed by atoms with Gasteiger partial charge in [0.05, 0.1) is 41.4 Å². The van der Waals surface area contributed by atoms with Crippen LogP contribution in [0.3, 0.4) is 0 Å². The van der Waals surface area contributed by atoms with Gasteiger partial charge in [-0.05, 0) is 25.1 Å². The van der Waals surface area contributed by atoms with E-state index in [1.165, 1.54) is 26.4 Å². The van der Waals surface area contributed by atoms with Crippen molar-refractivity contribution in [1.82, 2.24) is 4.57 Å². The molecule has 3 rings (SSSR count). The van der Waals surface area contributed by atoms with Crippen molar-refractivity contribution in [2.45, 2.75) is 13.5 Å². The van der Waals surface area contributed by atoms with E-state index in [0.29, 0.717) is 12.2 Å². The third kappa shape index (κ3) is 4.84. The van der Waals surface area contributed by atoms with Crippen molar-refractivity contribution in [3.8, 4) is 11.5 Å². The number of sulfonamides is 1. The Labute approximate surface area is 194 Å². The first kappa shape index (κ1) is 23.9. The van der Waals surface area contributed by atoms with Gasteiger partial charge in [-0.25, -0.2) is 8.42 Å². The molecule has 0 aliphatic carbocycles. The number of aromatic nitrogens is 1. The first-order valence-corrected chi connectivity index (χ1v) is 12.5. The molecule has 32 heavy (non-hydrogen) atoms. The molecule has 172 valence electrons. The van der Waals surface area contributed by atoms with Gasteiger partial charge >= 0.3 is 4.87 Å².